The van der Waals surface area contributed by atoms with E-state index in [1.165, 1.54) is 44.2 Å². The molecule has 3 N–H and O–H groups in total. The molecule has 4 bridgehead atoms. The summed E-state index contributed by atoms with van der Waals surface area (Å²) in [6.45, 7) is 2.23. The van der Waals surface area contributed by atoms with E-state index in [1.54, 1.807) is 18.2 Å². The Kier molecular flexibility index (Phi) is 5.35. The minimum absolute atomic E-state index is 0.179. The van der Waals surface area contributed by atoms with Crippen LogP contribution in [0.3, 0.4) is 0 Å². The SMILES string of the molecule is CN(Cc1ccc(/C=C/C(=O)Nc2ccccc2N)cc1)CC12CC3CC(CC1C3)C2. The third-order valence-electron chi connectivity index (χ3n) is 7.82. The van der Waals surface area contributed by atoms with Gasteiger partial charge in [-0.1, -0.05) is 36.4 Å². The Labute approximate surface area is 185 Å². The summed E-state index contributed by atoms with van der Waals surface area (Å²) in [5, 5.41) is 2.82. The van der Waals surface area contributed by atoms with Gasteiger partial charge in [0.2, 0.25) is 5.91 Å². The highest BCUT2D eigenvalue weighted by Gasteiger charge is 2.57. The molecule has 0 aromatic heterocycles. The van der Waals surface area contributed by atoms with E-state index in [1.807, 2.05) is 18.2 Å². The highest BCUT2D eigenvalue weighted by Crippen LogP contribution is 2.65. The van der Waals surface area contributed by atoms with Crippen molar-refractivity contribution >= 4 is 23.4 Å². The first-order valence-electron chi connectivity index (χ1n) is 11.6. The van der Waals surface area contributed by atoms with Crippen molar-refractivity contribution < 1.29 is 4.79 Å². The third-order valence-corrected chi connectivity index (χ3v) is 7.82. The molecule has 4 aliphatic carbocycles. The van der Waals surface area contributed by atoms with Gasteiger partial charge < -0.3 is 16.0 Å². The van der Waals surface area contributed by atoms with Crippen LogP contribution in [0.4, 0.5) is 11.4 Å². The molecular formula is C27H33N3O. The standard InChI is InChI=1S/C27H33N3O/c1-30(18-27-15-21-12-22(16-27)14-23(27)13-21)17-20-8-6-19(7-9-20)10-11-26(31)29-25-5-3-2-4-24(25)28/h2-11,21-23H,12-18,28H2,1H3,(H,29,31)/b11-10+. The largest absolute Gasteiger partial charge is 0.397 e. The number of hydrogen-bond donors (Lipinski definition) is 2. The molecule has 0 heterocycles. The number of nitrogens with zero attached hydrogens (tertiary/aromatic N) is 1. The van der Waals surface area contributed by atoms with Crippen LogP contribution in [0.15, 0.2) is 54.6 Å². The predicted octanol–water partition coefficient (Wildman–Crippen LogP) is 5.18. The number of nitrogens with two attached hydrogens (primary N) is 1. The van der Waals surface area contributed by atoms with E-state index in [9.17, 15) is 4.79 Å². The zero-order valence-corrected chi connectivity index (χ0v) is 18.4. The number of carbonyl (C=O) groups is 1. The molecule has 2 aromatic rings. The second-order valence-corrected chi connectivity index (χ2v) is 10.2. The van der Waals surface area contributed by atoms with Crippen LogP contribution in [0.5, 0.6) is 0 Å². The van der Waals surface area contributed by atoms with E-state index in [0.717, 1.165) is 29.9 Å². The maximum Gasteiger partial charge on any atom is 0.248 e. The number of carbonyl (C=O) groups excluding carboxylic acids is 1. The second kappa shape index (κ2) is 8.16. The Morgan fingerprint density at radius 2 is 1.81 bits per heavy atom. The first kappa shape index (κ1) is 20.3. The van der Waals surface area contributed by atoms with E-state index < -0.39 is 0 Å². The van der Waals surface area contributed by atoms with Crippen molar-refractivity contribution in [1.82, 2.24) is 4.90 Å². The quantitative estimate of drug-likeness (QED) is 0.484. The molecule has 4 saturated carbocycles. The van der Waals surface area contributed by atoms with Gasteiger partial charge in [-0.3, -0.25) is 4.79 Å². The average Bonchev–Trinajstić information content (AvgIpc) is 3.11. The van der Waals surface area contributed by atoms with Crippen molar-refractivity contribution in [2.75, 3.05) is 24.6 Å². The Bertz CT molecular complexity index is 966. The van der Waals surface area contributed by atoms with Crippen LogP contribution in [0, 0.1) is 23.2 Å². The van der Waals surface area contributed by atoms with E-state index >= 15 is 0 Å². The minimum atomic E-state index is -0.179. The number of hydrogen-bond acceptors (Lipinski definition) is 3. The number of nitrogens with one attached hydrogen (secondary N) is 1. The molecule has 2 atom stereocenters. The van der Waals surface area contributed by atoms with Gasteiger partial charge in [0.05, 0.1) is 11.4 Å². The van der Waals surface area contributed by atoms with Gasteiger partial charge >= 0.3 is 0 Å². The van der Waals surface area contributed by atoms with Crippen LogP contribution >= 0.6 is 0 Å². The maximum absolute atomic E-state index is 12.2. The molecule has 4 heteroatoms. The Morgan fingerprint density at radius 1 is 1.10 bits per heavy atom. The van der Waals surface area contributed by atoms with Gasteiger partial charge in [-0.25, -0.2) is 0 Å². The molecular weight excluding hydrogens is 382 g/mol. The average molecular weight is 416 g/mol. The van der Waals surface area contributed by atoms with Crippen LogP contribution in [-0.4, -0.2) is 24.4 Å². The summed E-state index contributed by atoms with van der Waals surface area (Å²) in [5.41, 5.74) is 10.0. The predicted molar refractivity (Wildman–Crippen MR) is 127 cm³/mol. The molecule has 2 unspecified atom stereocenters. The molecule has 0 spiro atoms. The van der Waals surface area contributed by atoms with Gasteiger partial charge in [0.25, 0.3) is 0 Å². The molecule has 0 radical (unpaired) electrons. The fourth-order valence-electron chi connectivity index (χ4n) is 6.82. The topological polar surface area (TPSA) is 58.4 Å². The lowest BCUT2D eigenvalue weighted by Gasteiger charge is -2.36. The van der Waals surface area contributed by atoms with Crippen molar-refractivity contribution in [3.8, 4) is 0 Å². The van der Waals surface area contributed by atoms with Crippen molar-refractivity contribution in [2.45, 2.75) is 38.6 Å². The molecule has 0 saturated heterocycles. The van der Waals surface area contributed by atoms with Crippen molar-refractivity contribution in [2.24, 2.45) is 23.2 Å². The molecule has 0 aliphatic heterocycles. The van der Waals surface area contributed by atoms with Gasteiger partial charge in [0, 0.05) is 19.2 Å². The molecule has 4 nitrogen and oxygen atoms in total. The van der Waals surface area contributed by atoms with Crippen molar-refractivity contribution in [3.63, 3.8) is 0 Å². The zero-order valence-electron chi connectivity index (χ0n) is 18.4. The van der Waals surface area contributed by atoms with Crippen molar-refractivity contribution in [1.29, 1.82) is 0 Å². The highest BCUT2D eigenvalue weighted by molar-refractivity contribution is 6.03. The number of benzene rings is 2. The number of para-hydroxylation sites is 2. The molecule has 6 rings (SSSR count). The van der Waals surface area contributed by atoms with Crippen molar-refractivity contribution in [3.05, 3.63) is 65.7 Å². The second-order valence-electron chi connectivity index (χ2n) is 10.2. The Balaban J connectivity index is 1.14. The van der Waals surface area contributed by atoms with Crippen LogP contribution in [0.1, 0.15) is 43.2 Å². The fourth-order valence-corrected chi connectivity index (χ4v) is 6.82. The third kappa shape index (κ3) is 4.27. The van der Waals surface area contributed by atoms with E-state index in [4.69, 9.17) is 5.73 Å². The van der Waals surface area contributed by atoms with Crippen LogP contribution < -0.4 is 11.1 Å². The monoisotopic (exact) mass is 415 g/mol. The number of anilines is 2. The normalized spacial score (nSPS) is 28.6. The van der Waals surface area contributed by atoms with Crippen LogP contribution in [0.25, 0.3) is 6.08 Å². The lowest BCUT2D eigenvalue weighted by molar-refractivity contribution is -0.111. The van der Waals surface area contributed by atoms with Gasteiger partial charge in [-0.05, 0) is 91.7 Å². The van der Waals surface area contributed by atoms with Gasteiger partial charge in [0.15, 0.2) is 0 Å². The summed E-state index contributed by atoms with van der Waals surface area (Å²) in [6.07, 6.45) is 10.8. The first-order valence-corrected chi connectivity index (χ1v) is 11.6. The zero-order chi connectivity index (χ0) is 21.4. The van der Waals surface area contributed by atoms with Crippen LogP contribution in [0.2, 0.25) is 0 Å². The Hall–Kier alpha value is -2.59. The van der Waals surface area contributed by atoms with Gasteiger partial charge in [0.1, 0.15) is 0 Å². The van der Waals surface area contributed by atoms with Gasteiger partial charge in [-0.15, -0.1) is 0 Å². The molecule has 31 heavy (non-hydrogen) atoms. The lowest BCUT2D eigenvalue weighted by Crippen LogP contribution is -2.36. The fraction of sp³-hybridized carbons (Fsp3) is 0.444. The van der Waals surface area contributed by atoms with Crippen LogP contribution in [-0.2, 0) is 11.3 Å². The lowest BCUT2D eigenvalue weighted by atomic mass is 9.75. The van der Waals surface area contributed by atoms with E-state index in [-0.39, 0.29) is 5.91 Å². The molecule has 4 fully saturated rings. The number of rotatable bonds is 7. The molecule has 2 aromatic carbocycles. The maximum atomic E-state index is 12.2. The number of nitrogen functional groups attached to an aromatic ring is 1. The Morgan fingerprint density at radius 3 is 2.52 bits per heavy atom. The minimum Gasteiger partial charge on any atom is -0.397 e. The molecule has 1 amide bonds. The molecule has 162 valence electrons. The summed E-state index contributed by atoms with van der Waals surface area (Å²) in [7, 11) is 2.28. The summed E-state index contributed by atoms with van der Waals surface area (Å²) < 4.78 is 0. The van der Waals surface area contributed by atoms with E-state index in [2.05, 4.69) is 41.5 Å². The number of amides is 1. The molecule has 4 aliphatic rings. The summed E-state index contributed by atoms with van der Waals surface area (Å²) in [4.78, 5) is 14.7. The summed E-state index contributed by atoms with van der Waals surface area (Å²) in [6, 6.07) is 15.8. The first-order chi connectivity index (χ1) is 15.0. The summed E-state index contributed by atoms with van der Waals surface area (Å²) in [5.74, 6) is 2.85. The highest BCUT2D eigenvalue weighted by atomic mass is 16.1. The van der Waals surface area contributed by atoms with Gasteiger partial charge in [-0.2, -0.15) is 0 Å². The van der Waals surface area contributed by atoms with E-state index in [0.29, 0.717) is 16.8 Å². The smallest absolute Gasteiger partial charge is 0.248 e. The summed E-state index contributed by atoms with van der Waals surface area (Å²) >= 11 is 0.